The smallest absolute Gasteiger partial charge is 0.264 e. The molecule has 0 amide bonds. The molecular formula is C18H17BrN2O2S. The van der Waals surface area contributed by atoms with Gasteiger partial charge in [-0.2, -0.15) is 0 Å². The van der Waals surface area contributed by atoms with E-state index in [1.54, 1.807) is 30.5 Å². The Labute approximate surface area is 150 Å². The summed E-state index contributed by atoms with van der Waals surface area (Å²) in [7, 11) is -3.74. The first-order chi connectivity index (χ1) is 11.4. The van der Waals surface area contributed by atoms with E-state index >= 15 is 0 Å². The summed E-state index contributed by atoms with van der Waals surface area (Å²) in [5.41, 5.74) is 2.10. The van der Waals surface area contributed by atoms with Crippen LogP contribution in [-0.2, 0) is 10.0 Å². The van der Waals surface area contributed by atoms with Crippen molar-refractivity contribution in [2.45, 2.75) is 24.7 Å². The highest BCUT2D eigenvalue weighted by Gasteiger charge is 2.19. The van der Waals surface area contributed by atoms with E-state index in [9.17, 15) is 8.42 Å². The first-order valence-electron chi connectivity index (χ1n) is 7.54. The van der Waals surface area contributed by atoms with Crippen molar-refractivity contribution in [1.29, 1.82) is 0 Å². The summed E-state index contributed by atoms with van der Waals surface area (Å²) in [5.74, 6) is 0.370. The zero-order valence-electron chi connectivity index (χ0n) is 13.3. The third-order valence-corrected chi connectivity index (χ3v) is 5.84. The summed E-state index contributed by atoms with van der Waals surface area (Å²) < 4.78 is 29.0. The second kappa shape index (κ2) is 6.53. The number of nitrogens with zero attached hydrogens (tertiary/aromatic N) is 1. The fourth-order valence-electron chi connectivity index (χ4n) is 2.47. The molecule has 0 fully saturated rings. The number of para-hydroxylation sites is 1. The number of hydrogen-bond acceptors (Lipinski definition) is 3. The molecule has 1 N–H and O–H groups in total. The number of rotatable bonds is 4. The van der Waals surface area contributed by atoms with E-state index in [0.29, 0.717) is 21.6 Å². The molecule has 24 heavy (non-hydrogen) atoms. The van der Waals surface area contributed by atoms with Crippen LogP contribution in [0.15, 0.2) is 64.1 Å². The van der Waals surface area contributed by atoms with Crippen LogP contribution < -0.4 is 4.72 Å². The molecule has 0 unspecified atom stereocenters. The number of fused-ring (bicyclic) bond motifs is 1. The maximum atomic E-state index is 12.8. The molecule has 4 nitrogen and oxygen atoms in total. The molecule has 0 spiro atoms. The van der Waals surface area contributed by atoms with Crippen LogP contribution in [0.25, 0.3) is 10.9 Å². The Balaban J connectivity index is 2.03. The minimum atomic E-state index is -3.74. The Kier molecular flexibility index (Phi) is 4.60. The van der Waals surface area contributed by atoms with Crippen LogP contribution in [0.4, 0.5) is 5.69 Å². The lowest BCUT2D eigenvalue weighted by Crippen LogP contribution is -2.14. The van der Waals surface area contributed by atoms with Crippen molar-refractivity contribution in [1.82, 2.24) is 4.98 Å². The first kappa shape index (κ1) is 16.9. The Bertz CT molecular complexity index is 996. The van der Waals surface area contributed by atoms with E-state index < -0.39 is 10.0 Å². The molecule has 1 heterocycles. The second-order valence-electron chi connectivity index (χ2n) is 5.83. The molecule has 2 aromatic carbocycles. The Hall–Kier alpha value is -1.92. The van der Waals surface area contributed by atoms with Crippen LogP contribution in [0.2, 0.25) is 0 Å². The SMILES string of the molecule is CC(C)c1ccc(NS(=O)(=O)c2cccc3cccnc23)c(Br)c1. The summed E-state index contributed by atoms with van der Waals surface area (Å²) in [6, 6.07) is 14.4. The second-order valence-corrected chi connectivity index (χ2v) is 8.34. The molecule has 0 aliphatic rings. The highest BCUT2D eigenvalue weighted by atomic mass is 79.9. The summed E-state index contributed by atoms with van der Waals surface area (Å²) in [6.45, 7) is 4.18. The standard InChI is InChI=1S/C18H17BrN2O2S/c1-12(2)14-8-9-16(15(19)11-14)21-24(22,23)17-7-3-5-13-6-4-10-20-18(13)17/h3-12,21H,1-2H3. The van der Waals surface area contributed by atoms with Gasteiger partial charge in [-0.3, -0.25) is 9.71 Å². The molecule has 0 bridgehead atoms. The van der Waals surface area contributed by atoms with Gasteiger partial charge in [-0.15, -0.1) is 0 Å². The average Bonchev–Trinajstić information content (AvgIpc) is 2.56. The maximum absolute atomic E-state index is 12.8. The molecule has 3 aromatic rings. The average molecular weight is 405 g/mol. The van der Waals surface area contributed by atoms with Gasteiger partial charge in [0.25, 0.3) is 10.0 Å². The molecule has 0 radical (unpaired) electrons. The summed E-state index contributed by atoms with van der Waals surface area (Å²) in [5, 5.41) is 0.787. The van der Waals surface area contributed by atoms with Crippen molar-refractivity contribution in [2.24, 2.45) is 0 Å². The number of benzene rings is 2. The highest BCUT2D eigenvalue weighted by Crippen LogP contribution is 2.30. The van der Waals surface area contributed by atoms with E-state index in [2.05, 4.69) is 39.5 Å². The van der Waals surface area contributed by atoms with Gasteiger partial charge >= 0.3 is 0 Å². The van der Waals surface area contributed by atoms with Gasteiger partial charge in [0.2, 0.25) is 0 Å². The molecule has 3 rings (SSSR count). The quantitative estimate of drug-likeness (QED) is 0.670. The van der Waals surface area contributed by atoms with E-state index in [4.69, 9.17) is 0 Å². The maximum Gasteiger partial charge on any atom is 0.264 e. The molecule has 124 valence electrons. The van der Waals surface area contributed by atoms with E-state index in [0.717, 1.165) is 10.9 Å². The summed E-state index contributed by atoms with van der Waals surface area (Å²) in [6.07, 6.45) is 1.59. The minimum absolute atomic E-state index is 0.167. The molecule has 0 aliphatic heterocycles. The first-order valence-corrected chi connectivity index (χ1v) is 9.82. The normalized spacial score (nSPS) is 11.8. The van der Waals surface area contributed by atoms with E-state index in [1.165, 1.54) is 0 Å². The molecule has 0 saturated heterocycles. The van der Waals surface area contributed by atoms with Gasteiger partial charge < -0.3 is 0 Å². The van der Waals surface area contributed by atoms with E-state index in [-0.39, 0.29) is 4.90 Å². The van der Waals surface area contributed by atoms with Crippen LogP contribution in [0.1, 0.15) is 25.3 Å². The van der Waals surface area contributed by atoms with Crippen molar-refractivity contribution >= 4 is 42.5 Å². The zero-order valence-corrected chi connectivity index (χ0v) is 15.7. The van der Waals surface area contributed by atoms with Crippen molar-refractivity contribution in [3.63, 3.8) is 0 Å². The molecule has 0 atom stereocenters. The lowest BCUT2D eigenvalue weighted by atomic mass is 10.0. The van der Waals surface area contributed by atoms with Gasteiger partial charge in [0.05, 0.1) is 11.2 Å². The van der Waals surface area contributed by atoms with E-state index in [1.807, 2.05) is 24.3 Å². The predicted molar refractivity (Wildman–Crippen MR) is 101 cm³/mol. The van der Waals surface area contributed by atoms with Gasteiger partial charge in [0, 0.05) is 16.1 Å². The molecule has 1 aromatic heterocycles. The Morgan fingerprint density at radius 2 is 1.83 bits per heavy atom. The number of anilines is 1. The van der Waals surface area contributed by atoms with Crippen molar-refractivity contribution in [3.05, 3.63) is 64.8 Å². The lowest BCUT2D eigenvalue weighted by Gasteiger charge is -2.13. The van der Waals surface area contributed by atoms with Gasteiger partial charge in [-0.25, -0.2) is 8.42 Å². The third kappa shape index (κ3) is 3.30. The lowest BCUT2D eigenvalue weighted by molar-refractivity contribution is 0.602. The van der Waals surface area contributed by atoms with Gasteiger partial charge in [-0.05, 0) is 51.7 Å². The van der Waals surface area contributed by atoms with Gasteiger partial charge in [0.15, 0.2) is 0 Å². The number of aromatic nitrogens is 1. The van der Waals surface area contributed by atoms with Gasteiger partial charge in [-0.1, -0.05) is 38.1 Å². The Morgan fingerprint density at radius 3 is 2.54 bits per heavy atom. The molecule has 0 aliphatic carbocycles. The number of nitrogens with one attached hydrogen (secondary N) is 1. The minimum Gasteiger partial charge on any atom is -0.278 e. The number of sulfonamides is 1. The zero-order chi connectivity index (χ0) is 17.3. The number of halogens is 1. The van der Waals surface area contributed by atoms with Crippen LogP contribution in [0.3, 0.4) is 0 Å². The predicted octanol–water partition coefficient (Wildman–Crippen LogP) is 4.92. The van der Waals surface area contributed by atoms with Crippen molar-refractivity contribution < 1.29 is 8.42 Å². The van der Waals surface area contributed by atoms with Crippen molar-refractivity contribution in [3.8, 4) is 0 Å². The molecule has 0 saturated carbocycles. The number of pyridine rings is 1. The summed E-state index contributed by atoms with van der Waals surface area (Å²) in [4.78, 5) is 4.38. The fraction of sp³-hybridized carbons (Fsp3) is 0.167. The largest absolute Gasteiger partial charge is 0.278 e. The highest BCUT2D eigenvalue weighted by molar-refractivity contribution is 9.10. The van der Waals surface area contributed by atoms with Crippen molar-refractivity contribution in [2.75, 3.05) is 4.72 Å². The monoisotopic (exact) mass is 404 g/mol. The number of hydrogen-bond donors (Lipinski definition) is 1. The third-order valence-electron chi connectivity index (χ3n) is 3.79. The molecule has 6 heteroatoms. The van der Waals surface area contributed by atoms with Crippen LogP contribution >= 0.6 is 15.9 Å². The summed E-state index contributed by atoms with van der Waals surface area (Å²) >= 11 is 3.45. The van der Waals surface area contributed by atoms with Gasteiger partial charge in [0.1, 0.15) is 4.90 Å². The topological polar surface area (TPSA) is 59.1 Å². The Morgan fingerprint density at radius 1 is 1.08 bits per heavy atom. The van der Waals surface area contributed by atoms with Crippen LogP contribution in [-0.4, -0.2) is 13.4 Å². The fourth-order valence-corrected chi connectivity index (χ4v) is 4.35. The van der Waals surface area contributed by atoms with Crippen LogP contribution in [0, 0.1) is 0 Å². The van der Waals surface area contributed by atoms with Crippen LogP contribution in [0.5, 0.6) is 0 Å². The molecular weight excluding hydrogens is 388 g/mol.